The molecule has 0 aliphatic carbocycles. The molecule has 0 N–H and O–H groups in total. The van der Waals surface area contributed by atoms with Gasteiger partial charge in [-0.2, -0.15) is 0 Å². The molecule has 0 heterocycles. The van der Waals surface area contributed by atoms with Crippen LogP contribution in [0.1, 0.15) is 0 Å². The van der Waals surface area contributed by atoms with Crippen LogP contribution in [-0.2, 0) is 38.4 Å². The van der Waals surface area contributed by atoms with Gasteiger partial charge in [-0.1, -0.05) is 0 Å². The van der Waals surface area contributed by atoms with E-state index in [-0.39, 0.29) is 43.1 Å². The van der Waals surface area contributed by atoms with E-state index >= 15 is 0 Å². The molecule has 0 amide bonds. The summed E-state index contributed by atoms with van der Waals surface area (Å²) in [6.07, 6.45) is 0. The largest absolute Gasteiger partial charge is 0.546 e. The third-order valence-corrected chi connectivity index (χ3v) is 8.26. The first-order valence-electron chi connectivity index (χ1n) is 17.7. The fourth-order valence-electron chi connectivity index (χ4n) is 6.00. The van der Waals surface area contributed by atoms with E-state index in [4.69, 9.17) is 37.9 Å². The predicted molar refractivity (Wildman–Crippen MR) is 189 cm³/mol. The van der Waals surface area contributed by atoms with E-state index in [2.05, 4.69) is 0 Å². The number of benzene rings is 4. The summed E-state index contributed by atoms with van der Waals surface area (Å²) in [6, 6.07) is 8.25. The highest BCUT2D eigenvalue weighted by Gasteiger charge is 2.22. The highest BCUT2D eigenvalue weighted by molar-refractivity contribution is 6.19. The summed E-state index contributed by atoms with van der Waals surface area (Å²) < 4.78 is 43.6. The van der Waals surface area contributed by atoms with Gasteiger partial charge in [0.2, 0.25) is 0 Å². The van der Waals surface area contributed by atoms with E-state index in [1.54, 1.807) is 0 Å². The predicted octanol–water partition coefficient (Wildman–Crippen LogP) is -8.11. The molecule has 0 aliphatic rings. The molecular formula is C40H24O24-8. The minimum atomic E-state index is -1.79. The second kappa shape index (κ2) is 20.1. The van der Waals surface area contributed by atoms with E-state index < -0.39 is 147 Å². The summed E-state index contributed by atoms with van der Waals surface area (Å²) in [5.74, 6) is -18.4. The Balaban J connectivity index is 2.21. The van der Waals surface area contributed by atoms with Crippen molar-refractivity contribution in [2.24, 2.45) is 0 Å². The van der Waals surface area contributed by atoms with E-state index in [0.29, 0.717) is 0 Å². The lowest BCUT2D eigenvalue weighted by Gasteiger charge is -2.21. The molecule has 5 rings (SSSR count). The van der Waals surface area contributed by atoms with Crippen LogP contribution in [0.15, 0.2) is 48.5 Å². The number of ether oxygens (including phenoxy) is 8. The molecule has 0 radical (unpaired) electrons. The normalized spacial score (nSPS) is 10.8. The van der Waals surface area contributed by atoms with Crippen molar-refractivity contribution >= 4 is 90.8 Å². The zero-order valence-corrected chi connectivity index (χ0v) is 32.1. The lowest BCUT2D eigenvalue weighted by atomic mass is 9.96. The lowest BCUT2D eigenvalue weighted by molar-refractivity contribution is -0.309. The van der Waals surface area contributed by atoms with Gasteiger partial charge in [0.15, 0.2) is 23.0 Å². The Hall–Kier alpha value is -8.96. The van der Waals surface area contributed by atoms with Gasteiger partial charge >= 0.3 is 0 Å². The molecule has 0 fully saturated rings. The number of carboxylic acids is 8. The molecule has 64 heavy (non-hydrogen) atoms. The molecule has 0 atom stereocenters. The van der Waals surface area contributed by atoms with Gasteiger partial charge < -0.3 is 117 Å². The Bertz CT molecular complexity index is 2410. The van der Waals surface area contributed by atoms with E-state index in [9.17, 15) is 79.2 Å². The topological polar surface area (TPSA) is 395 Å². The lowest BCUT2D eigenvalue weighted by Crippen LogP contribution is -2.30. The first-order chi connectivity index (χ1) is 30.3. The van der Waals surface area contributed by atoms with Crippen LogP contribution in [0.2, 0.25) is 0 Å². The Morgan fingerprint density at radius 3 is 0.547 bits per heavy atom. The van der Waals surface area contributed by atoms with Gasteiger partial charge in [0.25, 0.3) is 0 Å². The van der Waals surface area contributed by atoms with Crippen molar-refractivity contribution in [3.8, 4) is 46.0 Å². The van der Waals surface area contributed by atoms with Crippen LogP contribution < -0.4 is 78.7 Å². The average Bonchev–Trinajstić information content (AvgIpc) is 3.22. The van der Waals surface area contributed by atoms with Crippen LogP contribution in [0, 0.1) is 0 Å². The van der Waals surface area contributed by atoms with Gasteiger partial charge in [0.05, 0.1) is 47.8 Å². The van der Waals surface area contributed by atoms with Gasteiger partial charge in [-0.05, 0) is 57.9 Å². The molecule has 0 unspecified atom stereocenters. The smallest absolute Gasteiger partial charge is 0.162 e. The number of rotatable bonds is 24. The number of hydrogen-bond donors (Lipinski definition) is 0. The molecule has 0 aromatic heterocycles. The molecule has 24 nitrogen and oxygen atoms in total. The van der Waals surface area contributed by atoms with Crippen molar-refractivity contribution in [3.05, 3.63) is 48.5 Å². The summed E-state index contributed by atoms with van der Waals surface area (Å²) in [5, 5.41) is 91.1. The van der Waals surface area contributed by atoms with Gasteiger partial charge in [0.1, 0.15) is 75.9 Å². The number of carbonyl (C=O) groups excluding carboxylic acids is 8. The maximum atomic E-state index is 11.7. The maximum absolute atomic E-state index is 11.7. The van der Waals surface area contributed by atoms with Gasteiger partial charge in [-0.3, -0.25) is 0 Å². The molecule has 5 aromatic carbocycles. The van der Waals surface area contributed by atoms with Crippen LogP contribution in [0.5, 0.6) is 46.0 Å². The molecule has 4 bridgehead atoms. The van der Waals surface area contributed by atoms with Gasteiger partial charge in [-0.15, -0.1) is 0 Å². The van der Waals surface area contributed by atoms with Crippen molar-refractivity contribution in [1.82, 2.24) is 0 Å². The summed E-state index contributed by atoms with van der Waals surface area (Å²) in [6.45, 7) is -9.54. The molecule has 0 aliphatic heterocycles. The van der Waals surface area contributed by atoms with Crippen molar-refractivity contribution < 1.29 is 117 Å². The SMILES string of the molecule is O=C([O-])COc1cc2c3cc(c(OCC(=O)[O-])cc3OCC(=O)[O-])c3cc(OCC(=O)[O-])c(OCC(=O)[O-])cc3c3cc(c(OCC(=O)[O-])cc3OCC(=O)[O-])c2cc1OCC(=O)[O-]. The standard InChI is InChI=1S/C40H32O24/c41-33(42)9-57-25-7-26(58-10-34(43)44)22-1-21(25)17-3-29(61-13-37(49)50)31(63-15-39(53)54)5-19(17)23-2-24(28(60-12-36(47)48)8-27(23)59-11-35(45)46)20-6-32(64-16-40(55)56)30(4-18(20)22)62-14-38(51)52/h1-8H,9-16H2,(H,41,42)(H,43,44)(H,45,46)(H,47,48)(H,49,50)(H,51,52)(H,53,54)(H,55,56)/p-8. The zero-order chi connectivity index (χ0) is 46.8. The highest BCUT2D eigenvalue weighted by atomic mass is 16.6. The second-order valence-electron chi connectivity index (χ2n) is 12.7. The molecule has 5 aromatic rings. The first kappa shape index (κ1) is 46.1. The number of carbonyl (C=O) groups is 8. The summed E-state index contributed by atoms with van der Waals surface area (Å²) in [4.78, 5) is 93.0. The van der Waals surface area contributed by atoms with Crippen LogP contribution in [0.3, 0.4) is 0 Å². The molecule has 336 valence electrons. The summed E-state index contributed by atoms with van der Waals surface area (Å²) in [5.41, 5.74) is 0. The van der Waals surface area contributed by atoms with Crippen LogP contribution in [0.4, 0.5) is 0 Å². The quantitative estimate of drug-likeness (QED) is 0.0555. The minimum absolute atomic E-state index is 0.214. The van der Waals surface area contributed by atoms with E-state index in [0.717, 1.165) is 48.5 Å². The third kappa shape index (κ3) is 11.6. The number of fused-ring (bicyclic) bond motifs is 10. The van der Waals surface area contributed by atoms with Crippen molar-refractivity contribution in [1.29, 1.82) is 0 Å². The van der Waals surface area contributed by atoms with Crippen molar-refractivity contribution in [2.75, 3.05) is 52.9 Å². The van der Waals surface area contributed by atoms with Crippen LogP contribution >= 0.6 is 0 Å². The average molecular weight is 889 g/mol. The molecule has 24 heteroatoms. The Morgan fingerprint density at radius 1 is 0.234 bits per heavy atom. The molecular weight excluding hydrogens is 864 g/mol. The van der Waals surface area contributed by atoms with Crippen molar-refractivity contribution in [3.63, 3.8) is 0 Å². The van der Waals surface area contributed by atoms with Crippen LogP contribution in [-0.4, -0.2) is 101 Å². The van der Waals surface area contributed by atoms with Crippen LogP contribution in [0.25, 0.3) is 43.1 Å². The van der Waals surface area contributed by atoms with E-state index in [1.807, 2.05) is 0 Å². The van der Waals surface area contributed by atoms with E-state index in [1.165, 1.54) is 0 Å². The third-order valence-electron chi connectivity index (χ3n) is 8.26. The summed E-state index contributed by atoms with van der Waals surface area (Å²) >= 11 is 0. The van der Waals surface area contributed by atoms with Crippen molar-refractivity contribution in [2.45, 2.75) is 0 Å². The monoisotopic (exact) mass is 888 g/mol. The fraction of sp³-hybridized carbons (Fsp3) is 0.200. The first-order valence-corrected chi connectivity index (χ1v) is 17.7. The number of carboxylic acid groups (broad SMARTS) is 8. The zero-order valence-electron chi connectivity index (χ0n) is 32.1. The molecule has 0 saturated heterocycles. The minimum Gasteiger partial charge on any atom is -0.546 e. The molecule has 0 saturated carbocycles. The molecule has 0 spiro atoms. The Kier molecular flexibility index (Phi) is 14.5. The Morgan fingerprint density at radius 2 is 0.391 bits per heavy atom. The fourth-order valence-corrected chi connectivity index (χ4v) is 6.00. The highest BCUT2D eigenvalue weighted by Crippen LogP contribution is 2.47. The van der Waals surface area contributed by atoms with Gasteiger partial charge in [0, 0.05) is 33.7 Å². The summed E-state index contributed by atoms with van der Waals surface area (Å²) in [7, 11) is 0. The number of hydrogen-bond acceptors (Lipinski definition) is 24. The maximum Gasteiger partial charge on any atom is 0.162 e. The second-order valence-corrected chi connectivity index (χ2v) is 12.7. The van der Waals surface area contributed by atoms with Gasteiger partial charge in [-0.25, -0.2) is 0 Å². The number of aliphatic carboxylic acids is 8. The Labute approximate surface area is 355 Å².